The van der Waals surface area contributed by atoms with Gasteiger partial charge in [-0.15, -0.1) is 0 Å². The Labute approximate surface area is 73.9 Å². The summed E-state index contributed by atoms with van der Waals surface area (Å²) in [4.78, 5) is 13.2. The zero-order valence-corrected chi connectivity index (χ0v) is 7.92. The van der Waals surface area contributed by atoms with Gasteiger partial charge < -0.3 is 4.90 Å². The largest absolute Gasteiger partial charge is 0.302 e. The summed E-state index contributed by atoms with van der Waals surface area (Å²) in [5.41, 5.74) is 0. The summed E-state index contributed by atoms with van der Waals surface area (Å²) in [6.45, 7) is 7.52. The molecule has 0 aromatic rings. The van der Waals surface area contributed by atoms with E-state index in [1.807, 2.05) is 0 Å². The molecular formula is C10H17NO. The number of likely N-dealkylation sites (tertiary alicyclic amines) is 1. The Morgan fingerprint density at radius 3 is 2.50 bits per heavy atom. The Balaban J connectivity index is 1.70. The highest BCUT2D eigenvalue weighted by Gasteiger charge is 2.52. The highest BCUT2D eigenvalue weighted by Crippen LogP contribution is 2.50. The molecule has 1 saturated carbocycles. The molecule has 0 N–H and O–H groups in total. The number of ketones is 1. The van der Waals surface area contributed by atoms with Crippen LogP contribution < -0.4 is 0 Å². The fraction of sp³-hybridized carbons (Fsp3) is 0.900. The van der Waals surface area contributed by atoms with Gasteiger partial charge in [0, 0.05) is 26.1 Å². The molecule has 12 heavy (non-hydrogen) atoms. The Morgan fingerprint density at radius 2 is 2.00 bits per heavy atom. The first-order valence-corrected chi connectivity index (χ1v) is 4.90. The number of piperidine rings is 1. The molecular weight excluding hydrogens is 150 g/mol. The lowest BCUT2D eigenvalue weighted by molar-refractivity contribution is -0.117. The van der Waals surface area contributed by atoms with Crippen molar-refractivity contribution in [3.05, 3.63) is 0 Å². The lowest BCUT2D eigenvalue weighted by Gasteiger charge is -2.17. The second-order valence-electron chi connectivity index (χ2n) is 4.40. The average molecular weight is 167 g/mol. The van der Waals surface area contributed by atoms with Crippen molar-refractivity contribution in [2.75, 3.05) is 19.6 Å². The van der Waals surface area contributed by atoms with E-state index in [1.54, 1.807) is 6.92 Å². The van der Waals surface area contributed by atoms with Crippen molar-refractivity contribution in [1.29, 1.82) is 0 Å². The molecule has 2 unspecified atom stereocenters. The maximum atomic E-state index is 10.7. The van der Waals surface area contributed by atoms with Crippen molar-refractivity contribution in [3.63, 3.8) is 0 Å². The van der Waals surface area contributed by atoms with Gasteiger partial charge in [-0.3, -0.25) is 4.79 Å². The SMILES string of the molecule is CC(=O)CCN1CC2C(C)C2C1. The van der Waals surface area contributed by atoms with Gasteiger partial charge >= 0.3 is 0 Å². The minimum atomic E-state index is 0.323. The number of hydrogen-bond acceptors (Lipinski definition) is 2. The zero-order chi connectivity index (χ0) is 8.72. The summed E-state index contributed by atoms with van der Waals surface area (Å²) in [5, 5.41) is 0. The van der Waals surface area contributed by atoms with E-state index in [-0.39, 0.29) is 0 Å². The van der Waals surface area contributed by atoms with Crippen LogP contribution in [0.15, 0.2) is 0 Å². The van der Waals surface area contributed by atoms with Gasteiger partial charge in [0.15, 0.2) is 0 Å². The van der Waals surface area contributed by atoms with Crippen molar-refractivity contribution in [2.24, 2.45) is 17.8 Å². The predicted octanol–water partition coefficient (Wildman–Crippen LogP) is 1.16. The quantitative estimate of drug-likeness (QED) is 0.628. The van der Waals surface area contributed by atoms with Gasteiger partial charge in [0.2, 0.25) is 0 Å². The van der Waals surface area contributed by atoms with Crippen LogP contribution in [0, 0.1) is 17.8 Å². The van der Waals surface area contributed by atoms with Crippen molar-refractivity contribution in [1.82, 2.24) is 4.90 Å². The minimum Gasteiger partial charge on any atom is -0.302 e. The molecule has 2 nitrogen and oxygen atoms in total. The second-order valence-corrected chi connectivity index (χ2v) is 4.40. The van der Waals surface area contributed by atoms with Crippen LogP contribution in [0.4, 0.5) is 0 Å². The molecule has 2 fully saturated rings. The third-order valence-corrected chi connectivity index (χ3v) is 3.48. The standard InChI is InChI=1S/C10H17NO/c1-7(12)3-4-11-5-9-8(2)10(9)6-11/h8-10H,3-6H2,1-2H3. The van der Waals surface area contributed by atoms with E-state index in [0.29, 0.717) is 5.78 Å². The van der Waals surface area contributed by atoms with Gasteiger partial charge in [-0.2, -0.15) is 0 Å². The number of nitrogens with zero attached hydrogens (tertiary/aromatic N) is 1. The van der Waals surface area contributed by atoms with Crippen LogP contribution in [0.25, 0.3) is 0 Å². The van der Waals surface area contributed by atoms with Gasteiger partial charge in [-0.1, -0.05) is 6.92 Å². The Hall–Kier alpha value is -0.370. The third kappa shape index (κ3) is 1.40. The van der Waals surface area contributed by atoms with Gasteiger partial charge in [-0.05, 0) is 24.7 Å². The number of fused-ring (bicyclic) bond motifs is 1. The molecule has 2 rings (SSSR count). The molecule has 1 aliphatic carbocycles. The van der Waals surface area contributed by atoms with Gasteiger partial charge in [0.05, 0.1) is 0 Å². The maximum Gasteiger partial charge on any atom is 0.131 e. The summed E-state index contributed by atoms with van der Waals surface area (Å²) in [6.07, 6.45) is 0.744. The number of hydrogen-bond donors (Lipinski definition) is 0. The first-order valence-electron chi connectivity index (χ1n) is 4.90. The van der Waals surface area contributed by atoms with Crippen LogP contribution >= 0.6 is 0 Å². The Bertz CT molecular complexity index is 190. The Kier molecular flexibility index (Phi) is 1.95. The van der Waals surface area contributed by atoms with Gasteiger partial charge in [0.25, 0.3) is 0 Å². The number of carbonyl (C=O) groups is 1. The molecule has 2 heteroatoms. The molecule has 2 atom stereocenters. The van der Waals surface area contributed by atoms with Gasteiger partial charge in [-0.25, -0.2) is 0 Å². The fourth-order valence-electron chi connectivity index (χ4n) is 2.41. The summed E-state index contributed by atoms with van der Waals surface area (Å²) in [7, 11) is 0. The highest BCUT2D eigenvalue weighted by atomic mass is 16.1. The maximum absolute atomic E-state index is 10.7. The van der Waals surface area contributed by atoms with E-state index in [0.717, 1.165) is 30.7 Å². The van der Waals surface area contributed by atoms with Crippen LogP contribution in [0.1, 0.15) is 20.3 Å². The second kappa shape index (κ2) is 2.84. The molecule has 1 aliphatic heterocycles. The zero-order valence-electron chi connectivity index (χ0n) is 7.92. The van der Waals surface area contributed by atoms with E-state index < -0.39 is 0 Å². The van der Waals surface area contributed by atoms with Crippen molar-refractivity contribution in [3.8, 4) is 0 Å². The lowest BCUT2D eigenvalue weighted by atomic mass is 10.2. The number of Topliss-reactive ketones (excluding diaryl/α,β-unsaturated/α-hetero) is 1. The molecule has 0 spiro atoms. The molecule has 0 aromatic heterocycles. The summed E-state index contributed by atoms with van der Waals surface area (Å²) in [5.74, 6) is 3.23. The molecule has 0 bridgehead atoms. The van der Waals surface area contributed by atoms with Crippen LogP contribution in [-0.2, 0) is 4.79 Å². The Morgan fingerprint density at radius 1 is 1.42 bits per heavy atom. The van der Waals surface area contributed by atoms with Gasteiger partial charge in [0.1, 0.15) is 5.78 Å². The molecule has 0 aromatic carbocycles. The molecule has 1 heterocycles. The predicted molar refractivity (Wildman–Crippen MR) is 47.9 cm³/mol. The highest BCUT2D eigenvalue weighted by molar-refractivity contribution is 5.75. The summed E-state index contributed by atoms with van der Waals surface area (Å²) < 4.78 is 0. The third-order valence-electron chi connectivity index (χ3n) is 3.48. The minimum absolute atomic E-state index is 0.323. The van der Waals surface area contributed by atoms with E-state index in [1.165, 1.54) is 13.1 Å². The first kappa shape index (κ1) is 8.24. The van der Waals surface area contributed by atoms with E-state index in [4.69, 9.17) is 0 Å². The van der Waals surface area contributed by atoms with E-state index in [9.17, 15) is 4.79 Å². The van der Waals surface area contributed by atoms with Crippen LogP contribution in [0.2, 0.25) is 0 Å². The molecule has 68 valence electrons. The van der Waals surface area contributed by atoms with Crippen molar-refractivity contribution >= 4 is 5.78 Å². The lowest BCUT2D eigenvalue weighted by Crippen LogP contribution is -2.26. The fourth-order valence-corrected chi connectivity index (χ4v) is 2.41. The molecule has 0 radical (unpaired) electrons. The van der Waals surface area contributed by atoms with Crippen LogP contribution in [0.3, 0.4) is 0 Å². The smallest absolute Gasteiger partial charge is 0.131 e. The first-order chi connectivity index (χ1) is 5.68. The van der Waals surface area contributed by atoms with E-state index >= 15 is 0 Å². The van der Waals surface area contributed by atoms with Crippen LogP contribution in [-0.4, -0.2) is 30.3 Å². The average Bonchev–Trinajstić information content (AvgIpc) is 2.52. The summed E-state index contributed by atoms with van der Waals surface area (Å²) >= 11 is 0. The molecule has 0 amide bonds. The number of carbonyl (C=O) groups excluding carboxylic acids is 1. The molecule has 2 aliphatic rings. The topological polar surface area (TPSA) is 20.3 Å². The van der Waals surface area contributed by atoms with Crippen molar-refractivity contribution in [2.45, 2.75) is 20.3 Å². The molecule has 1 saturated heterocycles. The summed E-state index contributed by atoms with van der Waals surface area (Å²) in [6, 6.07) is 0. The normalized spacial score (nSPS) is 39.7. The van der Waals surface area contributed by atoms with Crippen LogP contribution in [0.5, 0.6) is 0 Å². The monoisotopic (exact) mass is 167 g/mol. The van der Waals surface area contributed by atoms with E-state index in [2.05, 4.69) is 11.8 Å². The number of rotatable bonds is 3. The van der Waals surface area contributed by atoms with Crippen molar-refractivity contribution < 1.29 is 4.79 Å².